The molecular weight excluding hydrogens is 429 g/mol. The predicted octanol–water partition coefficient (Wildman–Crippen LogP) is 4.56. The zero-order chi connectivity index (χ0) is 22.1. The second-order valence-corrected chi connectivity index (χ2v) is 7.73. The van der Waals surface area contributed by atoms with Crippen molar-refractivity contribution in [1.29, 1.82) is 0 Å². The number of pyridine rings is 2. The third-order valence-electron chi connectivity index (χ3n) is 5.16. The average molecular weight is 448 g/mol. The Morgan fingerprint density at radius 1 is 1.06 bits per heavy atom. The zero-order valence-electron chi connectivity index (χ0n) is 17.2. The molecule has 160 valence electrons. The number of aromatic amines is 1. The van der Waals surface area contributed by atoms with Gasteiger partial charge in [0.05, 0.1) is 29.0 Å². The molecule has 0 aliphatic carbocycles. The van der Waals surface area contributed by atoms with Crippen molar-refractivity contribution in [1.82, 2.24) is 35.3 Å². The molecular formula is C23H19ClFN7. The van der Waals surface area contributed by atoms with E-state index in [1.165, 1.54) is 12.1 Å². The minimum Gasteiger partial charge on any atom is -0.318 e. The van der Waals surface area contributed by atoms with Crippen LogP contribution in [0.5, 0.6) is 0 Å². The maximum absolute atomic E-state index is 14.4. The van der Waals surface area contributed by atoms with Crippen molar-refractivity contribution in [3.63, 3.8) is 0 Å². The molecule has 4 aromatic heterocycles. The molecule has 0 unspecified atom stereocenters. The molecule has 0 atom stereocenters. The first-order valence-corrected chi connectivity index (χ1v) is 10.4. The van der Waals surface area contributed by atoms with Gasteiger partial charge in [0.25, 0.3) is 0 Å². The first kappa shape index (κ1) is 20.3. The molecule has 9 heteroatoms. The van der Waals surface area contributed by atoms with Crippen LogP contribution in [0.15, 0.2) is 61.1 Å². The Morgan fingerprint density at radius 2 is 1.97 bits per heavy atom. The van der Waals surface area contributed by atoms with Gasteiger partial charge in [-0.2, -0.15) is 10.2 Å². The van der Waals surface area contributed by atoms with E-state index in [-0.39, 0.29) is 0 Å². The van der Waals surface area contributed by atoms with E-state index in [1.54, 1.807) is 18.5 Å². The second kappa shape index (κ2) is 8.49. The van der Waals surface area contributed by atoms with E-state index in [2.05, 4.69) is 25.6 Å². The summed E-state index contributed by atoms with van der Waals surface area (Å²) in [6, 6.07) is 12.0. The molecule has 0 aliphatic heterocycles. The number of halogens is 2. The average Bonchev–Trinajstić information content (AvgIpc) is 3.48. The number of benzene rings is 1. The van der Waals surface area contributed by atoms with Crippen molar-refractivity contribution in [2.75, 3.05) is 13.6 Å². The second-order valence-electron chi connectivity index (χ2n) is 7.30. The fourth-order valence-electron chi connectivity index (χ4n) is 3.53. The molecule has 0 aliphatic rings. The molecule has 32 heavy (non-hydrogen) atoms. The molecule has 0 bridgehead atoms. The van der Waals surface area contributed by atoms with Crippen molar-refractivity contribution in [3.05, 3.63) is 71.9 Å². The van der Waals surface area contributed by atoms with E-state index in [4.69, 9.17) is 16.6 Å². The molecule has 2 N–H and O–H groups in total. The van der Waals surface area contributed by atoms with Crippen LogP contribution >= 0.6 is 11.6 Å². The van der Waals surface area contributed by atoms with Crippen LogP contribution in [-0.4, -0.2) is 43.5 Å². The Kier molecular flexibility index (Phi) is 5.38. The lowest BCUT2D eigenvalue weighted by Crippen LogP contribution is -2.15. The van der Waals surface area contributed by atoms with Gasteiger partial charge in [-0.05, 0) is 49.5 Å². The fourth-order valence-corrected chi connectivity index (χ4v) is 3.70. The zero-order valence-corrected chi connectivity index (χ0v) is 17.9. The van der Waals surface area contributed by atoms with E-state index < -0.39 is 5.82 Å². The summed E-state index contributed by atoms with van der Waals surface area (Å²) in [7, 11) is 1.91. The molecule has 7 nitrogen and oxygen atoms in total. The highest BCUT2D eigenvalue weighted by Crippen LogP contribution is 2.33. The molecule has 0 amide bonds. The van der Waals surface area contributed by atoms with Gasteiger partial charge in [-0.25, -0.2) is 9.37 Å². The Bertz CT molecular complexity index is 1410. The summed E-state index contributed by atoms with van der Waals surface area (Å²) >= 11 is 6.08. The number of nitrogens with zero attached hydrogens (tertiary/aromatic N) is 5. The van der Waals surface area contributed by atoms with Crippen LogP contribution in [0.25, 0.3) is 44.8 Å². The minimum absolute atomic E-state index is 0.314. The normalized spacial score (nSPS) is 11.3. The van der Waals surface area contributed by atoms with Crippen LogP contribution < -0.4 is 5.32 Å². The van der Waals surface area contributed by atoms with Crippen molar-refractivity contribution >= 4 is 22.6 Å². The lowest BCUT2D eigenvalue weighted by molar-refractivity contribution is 0.586. The number of hydrogen-bond acceptors (Lipinski definition) is 5. The van der Waals surface area contributed by atoms with Crippen molar-refractivity contribution in [3.8, 4) is 33.8 Å². The van der Waals surface area contributed by atoms with Gasteiger partial charge in [-0.3, -0.25) is 14.8 Å². The van der Waals surface area contributed by atoms with Crippen molar-refractivity contribution in [2.24, 2.45) is 0 Å². The maximum atomic E-state index is 14.4. The standard InChI is InChI=1S/C23H19ClFN7/c1-26-7-9-32-8-6-19(31-32)14-10-22-21(27-12-14)5-4-20(29-22)17-13-28-30-23(17)16-11-15(24)2-3-18(16)25/h2-6,8,10-13,26H,7,9H2,1H3,(H,28,30). The highest BCUT2D eigenvalue weighted by molar-refractivity contribution is 6.30. The lowest BCUT2D eigenvalue weighted by Gasteiger charge is -2.06. The molecule has 0 spiro atoms. The lowest BCUT2D eigenvalue weighted by atomic mass is 10.0. The van der Waals surface area contributed by atoms with Gasteiger partial charge in [0.2, 0.25) is 0 Å². The minimum atomic E-state index is -0.402. The molecule has 0 saturated carbocycles. The first-order chi connectivity index (χ1) is 15.6. The van der Waals surface area contributed by atoms with Gasteiger partial charge in [0.15, 0.2) is 0 Å². The topological polar surface area (TPSA) is 84.3 Å². The van der Waals surface area contributed by atoms with Crippen molar-refractivity contribution < 1.29 is 4.39 Å². The van der Waals surface area contributed by atoms with Crippen LogP contribution in [0.2, 0.25) is 5.02 Å². The molecule has 0 saturated heterocycles. The smallest absolute Gasteiger partial charge is 0.132 e. The third-order valence-corrected chi connectivity index (χ3v) is 5.40. The molecule has 0 radical (unpaired) electrons. The number of aromatic nitrogens is 6. The summed E-state index contributed by atoms with van der Waals surface area (Å²) in [6.45, 7) is 1.62. The summed E-state index contributed by atoms with van der Waals surface area (Å²) in [6.07, 6.45) is 5.43. The summed E-state index contributed by atoms with van der Waals surface area (Å²) in [5.74, 6) is -0.402. The molecule has 5 aromatic rings. The Morgan fingerprint density at radius 3 is 2.84 bits per heavy atom. The maximum Gasteiger partial charge on any atom is 0.132 e. The molecule has 1 aromatic carbocycles. The van der Waals surface area contributed by atoms with E-state index >= 15 is 0 Å². The quantitative estimate of drug-likeness (QED) is 0.398. The monoisotopic (exact) mass is 447 g/mol. The number of rotatable bonds is 6. The van der Waals surface area contributed by atoms with E-state index in [9.17, 15) is 4.39 Å². The molecule has 4 heterocycles. The largest absolute Gasteiger partial charge is 0.318 e. The number of H-pyrrole nitrogens is 1. The number of fused-ring (bicyclic) bond motifs is 1. The predicted molar refractivity (Wildman–Crippen MR) is 123 cm³/mol. The molecule has 0 fully saturated rings. The van der Waals surface area contributed by atoms with Gasteiger partial charge in [-0.15, -0.1) is 0 Å². The van der Waals surface area contributed by atoms with Gasteiger partial charge in [0.1, 0.15) is 11.5 Å². The first-order valence-electron chi connectivity index (χ1n) is 10.1. The van der Waals surface area contributed by atoms with Gasteiger partial charge in [-0.1, -0.05) is 11.6 Å². The Labute approximate surface area is 188 Å². The number of likely N-dealkylation sites (N-methyl/N-ethyl adjacent to an activating group) is 1. The van der Waals surface area contributed by atoms with Gasteiger partial charge >= 0.3 is 0 Å². The van der Waals surface area contributed by atoms with E-state index in [0.29, 0.717) is 33.1 Å². The Hall–Kier alpha value is -3.62. The summed E-state index contributed by atoms with van der Waals surface area (Å²) in [4.78, 5) is 9.31. The SMILES string of the molecule is CNCCn1ccc(-c2cnc3ccc(-c4c[nH]nc4-c4cc(Cl)ccc4F)nc3c2)n1. The summed E-state index contributed by atoms with van der Waals surface area (Å²) < 4.78 is 16.3. The third kappa shape index (κ3) is 3.86. The van der Waals surface area contributed by atoms with Crippen LogP contribution in [0.3, 0.4) is 0 Å². The highest BCUT2D eigenvalue weighted by Gasteiger charge is 2.16. The summed E-state index contributed by atoms with van der Waals surface area (Å²) in [5, 5.41) is 15.2. The van der Waals surface area contributed by atoms with Crippen LogP contribution in [-0.2, 0) is 6.54 Å². The molecule has 5 rings (SSSR count). The van der Waals surface area contributed by atoms with Gasteiger partial charge < -0.3 is 5.32 Å². The Balaban J connectivity index is 1.54. The fraction of sp³-hybridized carbons (Fsp3) is 0.130. The van der Waals surface area contributed by atoms with Crippen LogP contribution in [0.1, 0.15) is 0 Å². The van der Waals surface area contributed by atoms with Gasteiger partial charge in [0, 0.05) is 46.8 Å². The van der Waals surface area contributed by atoms with Crippen LogP contribution in [0.4, 0.5) is 4.39 Å². The number of nitrogens with one attached hydrogen (secondary N) is 2. The number of hydrogen-bond donors (Lipinski definition) is 2. The van der Waals surface area contributed by atoms with E-state index in [1.807, 2.05) is 42.2 Å². The van der Waals surface area contributed by atoms with Crippen molar-refractivity contribution in [2.45, 2.75) is 6.54 Å². The van der Waals surface area contributed by atoms with Crippen LogP contribution in [0, 0.1) is 5.82 Å². The summed E-state index contributed by atoms with van der Waals surface area (Å²) in [5.41, 5.74) is 5.26. The van der Waals surface area contributed by atoms with E-state index in [0.717, 1.165) is 29.9 Å². The highest BCUT2D eigenvalue weighted by atomic mass is 35.5.